The molecule has 0 amide bonds. The lowest BCUT2D eigenvalue weighted by atomic mass is 9.99. The van der Waals surface area contributed by atoms with Crippen molar-refractivity contribution in [2.45, 2.75) is 12.6 Å². The Kier molecular flexibility index (Phi) is 3.22. The summed E-state index contributed by atoms with van der Waals surface area (Å²) in [6.07, 6.45) is 0. The Labute approximate surface area is 116 Å². The molecule has 0 atom stereocenters. The normalized spacial score (nSPS) is 22.3. The van der Waals surface area contributed by atoms with E-state index < -0.39 is 5.67 Å². The third-order valence-electron chi connectivity index (χ3n) is 3.33. The summed E-state index contributed by atoms with van der Waals surface area (Å²) in [6, 6.07) is 1.68. The summed E-state index contributed by atoms with van der Waals surface area (Å²) in [4.78, 5) is 12.6. The SMILES string of the molecule is CC1(F)CN(c2cc(Cl)nc(N3CCOCC3)n2)C1. The number of hydrogen-bond donors (Lipinski definition) is 0. The second-order valence-corrected chi connectivity index (χ2v) is 5.60. The van der Waals surface area contributed by atoms with Crippen molar-refractivity contribution in [2.75, 3.05) is 49.2 Å². The third kappa shape index (κ3) is 2.74. The average molecular weight is 287 g/mol. The van der Waals surface area contributed by atoms with Gasteiger partial charge in [-0.25, -0.2) is 9.37 Å². The van der Waals surface area contributed by atoms with E-state index in [1.165, 1.54) is 0 Å². The first-order valence-electron chi connectivity index (χ1n) is 6.35. The summed E-state index contributed by atoms with van der Waals surface area (Å²) in [5.74, 6) is 1.29. The van der Waals surface area contributed by atoms with E-state index >= 15 is 0 Å². The predicted octanol–water partition coefficient (Wildman–Crippen LogP) is 1.51. The number of hydrogen-bond acceptors (Lipinski definition) is 5. The van der Waals surface area contributed by atoms with Crippen molar-refractivity contribution in [1.82, 2.24) is 9.97 Å². The molecule has 5 nitrogen and oxygen atoms in total. The average Bonchev–Trinajstić information content (AvgIpc) is 2.36. The van der Waals surface area contributed by atoms with Crippen molar-refractivity contribution >= 4 is 23.4 Å². The van der Waals surface area contributed by atoms with Gasteiger partial charge >= 0.3 is 0 Å². The highest BCUT2D eigenvalue weighted by Gasteiger charge is 2.39. The molecule has 104 valence electrons. The van der Waals surface area contributed by atoms with E-state index in [2.05, 4.69) is 9.97 Å². The van der Waals surface area contributed by atoms with Gasteiger partial charge in [0.1, 0.15) is 16.6 Å². The number of ether oxygens (including phenoxy) is 1. The Morgan fingerprint density at radius 2 is 1.95 bits per heavy atom. The summed E-state index contributed by atoms with van der Waals surface area (Å²) >= 11 is 6.04. The third-order valence-corrected chi connectivity index (χ3v) is 3.52. The largest absolute Gasteiger partial charge is 0.378 e. The molecule has 2 aliphatic rings. The van der Waals surface area contributed by atoms with E-state index in [0.717, 1.165) is 13.1 Å². The molecule has 0 aromatic carbocycles. The highest BCUT2D eigenvalue weighted by Crippen LogP contribution is 2.31. The van der Waals surface area contributed by atoms with Crippen LogP contribution < -0.4 is 9.80 Å². The minimum Gasteiger partial charge on any atom is -0.378 e. The molecule has 1 aromatic heterocycles. The zero-order chi connectivity index (χ0) is 13.5. The van der Waals surface area contributed by atoms with Crippen molar-refractivity contribution < 1.29 is 9.13 Å². The molecule has 2 aliphatic heterocycles. The van der Waals surface area contributed by atoms with Crippen LogP contribution in [0.2, 0.25) is 5.15 Å². The molecule has 0 radical (unpaired) electrons. The molecular formula is C12H16ClFN4O. The van der Waals surface area contributed by atoms with E-state index in [1.54, 1.807) is 13.0 Å². The van der Waals surface area contributed by atoms with Gasteiger partial charge in [-0.3, -0.25) is 0 Å². The monoisotopic (exact) mass is 286 g/mol. The lowest BCUT2D eigenvalue weighted by Crippen LogP contribution is -2.57. The van der Waals surface area contributed by atoms with Gasteiger partial charge in [0.2, 0.25) is 5.95 Å². The van der Waals surface area contributed by atoms with E-state index in [9.17, 15) is 4.39 Å². The van der Waals surface area contributed by atoms with Gasteiger partial charge in [-0.15, -0.1) is 0 Å². The number of anilines is 2. The van der Waals surface area contributed by atoms with Crippen LogP contribution in [0.5, 0.6) is 0 Å². The van der Waals surface area contributed by atoms with Gasteiger partial charge in [0.15, 0.2) is 0 Å². The second kappa shape index (κ2) is 4.76. The van der Waals surface area contributed by atoms with Crippen LogP contribution in [-0.2, 0) is 4.74 Å². The van der Waals surface area contributed by atoms with Crippen LogP contribution in [0.15, 0.2) is 6.07 Å². The molecule has 19 heavy (non-hydrogen) atoms. The molecule has 1 aromatic rings. The molecule has 0 spiro atoms. The highest BCUT2D eigenvalue weighted by atomic mass is 35.5. The maximum absolute atomic E-state index is 13.6. The predicted molar refractivity (Wildman–Crippen MR) is 71.8 cm³/mol. The van der Waals surface area contributed by atoms with Gasteiger partial charge in [-0.2, -0.15) is 4.98 Å². The van der Waals surface area contributed by atoms with Crippen molar-refractivity contribution in [3.05, 3.63) is 11.2 Å². The number of alkyl halides is 1. The van der Waals surface area contributed by atoms with Gasteiger partial charge in [-0.1, -0.05) is 11.6 Å². The molecule has 0 saturated carbocycles. The highest BCUT2D eigenvalue weighted by molar-refractivity contribution is 6.29. The standard InChI is InChI=1S/C12H16ClFN4O/c1-12(14)7-18(8-12)10-6-9(13)15-11(16-10)17-2-4-19-5-3-17/h6H,2-5,7-8H2,1H3. The smallest absolute Gasteiger partial charge is 0.228 e. The molecule has 0 aliphatic carbocycles. The molecule has 3 heterocycles. The Balaban J connectivity index is 1.80. The van der Waals surface area contributed by atoms with Crippen molar-refractivity contribution in [2.24, 2.45) is 0 Å². The lowest BCUT2D eigenvalue weighted by molar-refractivity contribution is 0.122. The number of rotatable bonds is 2. The van der Waals surface area contributed by atoms with Gasteiger partial charge in [-0.05, 0) is 6.92 Å². The van der Waals surface area contributed by atoms with Crippen LogP contribution in [0.3, 0.4) is 0 Å². The second-order valence-electron chi connectivity index (χ2n) is 5.22. The quantitative estimate of drug-likeness (QED) is 0.771. The molecule has 0 N–H and O–H groups in total. The van der Waals surface area contributed by atoms with Gasteiger partial charge in [0, 0.05) is 19.2 Å². The Morgan fingerprint density at radius 3 is 2.58 bits per heavy atom. The Bertz CT molecular complexity index is 471. The molecular weight excluding hydrogens is 271 g/mol. The number of nitrogens with zero attached hydrogens (tertiary/aromatic N) is 4. The maximum atomic E-state index is 13.6. The summed E-state index contributed by atoms with van der Waals surface area (Å²) in [5.41, 5.74) is -1.13. The van der Waals surface area contributed by atoms with E-state index in [0.29, 0.717) is 43.2 Å². The summed E-state index contributed by atoms with van der Waals surface area (Å²) in [5, 5.41) is 0.388. The summed E-state index contributed by atoms with van der Waals surface area (Å²) in [7, 11) is 0. The van der Waals surface area contributed by atoms with E-state index in [4.69, 9.17) is 16.3 Å². The van der Waals surface area contributed by atoms with Crippen molar-refractivity contribution in [1.29, 1.82) is 0 Å². The number of halogens is 2. The van der Waals surface area contributed by atoms with E-state index in [1.807, 2.05) is 9.80 Å². The first kappa shape index (κ1) is 12.9. The van der Waals surface area contributed by atoms with E-state index in [-0.39, 0.29) is 0 Å². The van der Waals surface area contributed by atoms with Crippen molar-refractivity contribution in [3.63, 3.8) is 0 Å². The molecule has 2 saturated heterocycles. The fourth-order valence-electron chi connectivity index (χ4n) is 2.37. The van der Waals surface area contributed by atoms with Gasteiger partial charge in [0.05, 0.1) is 26.3 Å². The molecule has 3 rings (SSSR count). The fourth-order valence-corrected chi connectivity index (χ4v) is 2.55. The first-order valence-corrected chi connectivity index (χ1v) is 6.72. The zero-order valence-electron chi connectivity index (χ0n) is 10.8. The van der Waals surface area contributed by atoms with Crippen LogP contribution in [-0.4, -0.2) is 55.0 Å². The zero-order valence-corrected chi connectivity index (χ0v) is 11.5. The van der Waals surface area contributed by atoms with Crippen LogP contribution in [0, 0.1) is 0 Å². The lowest BCUT2D eigenvalue weighted by Gasteiger charge is -2.43. The van der Waals surface area contributed by atoms with Crippen LogP contribution in [0.25, 0.3) is 0 Å². The molecule has 2 fully saturated rings. The molecule has 0 bridgehead atoms. The van der Waals surface area contributed by atoms with Crippen LogP contribution in [0.1, 0.15) is 6.92 Å². The first-order chi connectivity index (χ1) is 9.03. The van der Waals surface area contributed by atoms with Crippen LogP contribution >= 0.6 is 11.6 Å². The number of aromatic nitrogens is 2. The molecule has 7 heteroatoms. The van der Waals surface area contributed by atoms with Gasteiger partial charge in [0.25, 0.3) is 0 Å². The van der Waals surface area contributed by atoms with Crippen molar-refractivity contribution in [3.8, 4) is 0 Å². The minimum atomic E-state index is -1.13. The number of morpholine rings is 1. The fraction of sp³-hybridized carbons (Fsp3) is 0.667. The Morgan fingerprint density at radius 1 is 1.26 bits per heavy atom. The Hall–Kier alpha value is -1.14. The summed E-state index contributed by atoms with van der Waals surface area (Å²) in [6.45, 7) is 5.12. The summed E-state index contributed by atoms with van der Waals surface area (Å²) < 4.78 is 18.8. The topological polar surface area (TPSA) is 41.5 Å². The van der Waals surface area contributed by atoms with Gasteiger partial charge < -0.3 is 14.5 Å². The minimum absolute atomic E-state index is 0.350. The maximum Gasteiger partial charge on any atom is 0.228 e. The molecule has 0 unspecified atom stereocenters. The van der Waals surface area contributed by atoms with Crippen LogP contribution in [0.4, 0.5) is 16.2 Å².